The molecule has 0 saturated carbocycles. The number of rotatable bonds is 2. The number of pyridine rings is 1. The molecule has 0 bridgehead atoms. The van der Waals surface area contributed by atoms with Gasteiger partial charge in [0.25, 0.3) is 0 Å². The van der Waals surface area contributed by atoms with Crippen molar-refractivity contribution in [2.75, 3.05) is 23.7 Å². The van der Waals surface area contributed by atoms with E-state index in [0.29, 0.717) is 0 Å². The van der Waals surface area contributed by atoms with Crippen LogP contribution in [0.15, 0.2) is 53.3 Å². The Morgan fingerprint density at radius 2 is 2.00 bits per heavy atom. The molecule has 2 aliphatic rings. The van der Waals surface area contributed by atoms with Gasteiger partial charge in [-0.3, -0.25) is 0 Å². The van der Waals surface area contributed by atoms with Gasteiger partial charge in [0.05, 0.1) is 11.6 Å². The van der Waals surface area contributed by atoms with Gasteiger partial charge in [-0.05, 0) is 43.4 Å². The van der Waals surface area contributed by atoms with E-state index in [1.165, 1.54) is 11.1 Å². The molecule has 2 aromatic heterocycles. The standard InChI is InChI=1S/C22H24N4O/c1-15-14-27-21(25-15)18-13-22(19-5-3-2-4-17(18)19)7-10-26(11-8-22)20-12-16(23)6-9-24-20/h2-6,9,12,14,18H,7-8,10-11,13H2,1H3,(H2,23,24)/t18-/m0/s1. The fourth-order valence-corrected chi connectivity index (χ4v) is 4.89. The SMILES string of the molecule is Cc1coc([C@H]2CC3(CCN(c4cc(N)ccn4)CC3)c3ccccc32)n1. The average Bonchev–Trinajstić information content (AvgIpc) is 3.25. The summed E-state index contributed by atoms with van der Waals surface area (Å²) in [4.78, 5) is 11.5. The number of aromatic nitrogens is 2. The number of hydrogen-bond donors (Lipinski definition) is 1. The quantitative estimate of drug-likeness (QED) is 0.747. The summed E-state index contributed by atoms with van der Waals surface area (Å²) < 4.78 is 5.80. The molecule has 1 fully saturated rings. The third-order valence-electron chi connectivity index (χ3n) is 6.25. The van der Waals surface area contributed by atoms with Crippen LogP contribution < -0.4 is 10.6 Å². The topological polar surface area (TPSA) is 68.2 Å². The first-order valence-corrected chi connectivity index (χ1v) is 9.63. The van der Waals surface area contributed by atoms with E-state index < -0.39 is 0 Å². The number of piperidine rings is 1. The number of nitrogens with two attached hydrogens (primary N) is 1. The van der Waals surface area contributed by atoms with Gasteiger partial charge in [-0.15, -0.1) is 0 Å². The Kier molecular flexibility index (Phi) is 3.71. The van der Waals surface area contributed by atoms with Crippen LogP contribution in [0.4, 0.5) is 11.5 Å². The van der Waals surface area contributed by atoms with Crippen molar-refractivity contribution in [1.82, 2.24) is 9.97 Å². The van der Waals surface area contributed by atoms with Gasteiger partial charge in [0, 0.05) is 36.5 Å². The van der Waals surface area contributed by atoms with Crippen molar-refractivity contribution < 1.29 is 4.42 Å². The lowest BCUT2D eigenvalue weighted by Crippen LogP contribution is -2.42. The maximum Gasteiger partial charge on any atom is 0.201 e. The summed E-state index contributed by atoms with van der Waals surface area (Å²) in [5, 5.41) is 0. The van der Waals surface area contributed by atoms with E-state index in [0.717, 1.165) is 55.4 Å². The smallest absolute Gasteiger partial charge is 0.201 e. The maximum absolute atomic E-state index is 5.94. The summed E-state index contributed by atoms with van der Waals surface area (Å²) >= 11 is 0. The van der Waals surface area contributed by atoms with Crippen LogP contribution in [0.5, 0.6) is 0 Å². The zero-order valence-electron chi connectivity index (χ0n) is 15.6. The molecule has 1 aromatic carbocycles. The van der Waals surface area contributed by atoms with E-state index in [9.17, 15) is 0 Å². The van der Waals surface area contributed by atoms with Crippen molar-refractivity contribution in [3.63, 3.8) is 0 Å². The number of fused-ring (bicyclic) bond motifs is 2. The highest BCUT2D eigenvalue weighted by Gasteiger charge is 2.47. The first-order valence-electron chi connectivity index (χ1n) is 9.63. The predicted molar refractivity (Wildman–Crippen MR) is 106 cm³/mol. The van der Waals surface area contributed by atoms with E-state index in [1.807, 2.05) is 19.1 Å². The molecule has 1 spiro atoms. The highest BCUT2D eigenvalue weighted by molar-refractivity contribution is 5.52. The van der Waals surface area contributed by atoms with Crippen LogP contribution in [0, 0.1) is 6.92 Å². The zero-order chi connectivity index (χ0) is 18.4. The monoisotopic (exact) mass is 360 g/mol. The highest BCUT2D eigenvalue weighted by Crippen LogP contribution is 2.53. The van der Waals surface area contributed by atoms with Gasteiger partial charge in [-0.25, -0.2) is 9.97 Å². The van der Waals surface area contributed by atoms with Crippen molar-refractivity contribution in [2.45, 2.75) is 37.5 Å². The molecule has 2 N–H and O–H groups in total. The van der Waals surface area contributed by atoms with Crippen LogP contribution in [0.3, 0.4) is 0 Å². The molecule has 3 heterocycles. The summed E-state index contributed by atoms with van der Waals surface area (Å²) in [5.74, 6) is 2.10. The number of hydrogen-bond acceptors (Lipinski definition) is 5. The van der Waals surface area contributed by atoms with Gasteiger partial charge in [0.15, 0.2) is 0 Å². The summed E-state index contributed by atoms with van der Waals surface area (Å²) in [7, 11) is 0. The van der Waals surface area contributed by atoms with E-state index in [4.69, 9.17) is 10.2 Å². The van der Waals surface area contributed by atoms with Crippen LogP contribution in [0.25, 0.3) is 0 Å². The number of nitrogens with zero attached hydrogens (tertiary/aromatic N) is 3. The number of oxazole rings is 1. The Morgan fingerprint density at radius 1 is 1.19 bits per heavy atom. The Balaban J connectivity index is 1.44. The Labute approximate surface area is 159 Å². The van der Waals surface area contributed by atoms with Gasteiger partial charge in [0.2, 0.25) is 5.89 Å². The Morgan fingerprint density at radius 3 is 2.74 bits per heavy atom. The molecule has 5 nitrogen and oxygen atoms in total. The minimum Gasteiger partial charge on any atom is -0.448 e. The largest absolute Gasteiger partial charge is 0.448 e. The number of aryl methyl sites for hydroxylation is 1. The van der Waals surface area contributed by atoms with Crippen LogP contribution >= 0.6 is 0 Å². The molecule has 1 aliphatic carbocycles. The van der Waals surface area contributed by atoms with Crippen LogP contribution in [-0.2, 0) is 5.41 Å². The lowest BCUT2D eigenvalue weighted by atomic mass is 9.73. The van der Waals surface area contributed by atoms with Gasteiger partial charge in [-0.2, -0.15) is 0 Å². The van der Waals surface area contributed by atoms with Gasteiger partial charge in [-0.1, -0.05) is 24.3 Å². The van der Waals surface area contributed by atoms with Gasteiger partial charge < -0.3 is 15.1 Å². The third kappa shape index (κ3) is 2.69. The molecule has 5 heteroatoms. The second-order valence-corrected chi connectivity index (χ2v) is 7.89. The van der Waals surface area contributed by atoms with Gasteiger partial charge in [0.1, 0.15) is 12.1 Å². The second-order valence-electron chi connectivity index (χ2n) is 7.89. The number of nitrogen functional groups attached to an aromatic ring is 1. The lowest BCUT2D eigenvalue weighted by molar-refractivity contribution is 0.310. The van der Waals surface area contributed by atoms with E-state index in [-0.39, 0.29) is 11.3 Å². The summed E-state index contributed by atoms with van der Waals surface area (Å²) in [6, 6.07) is 12.7. The molecular formula is C22H24N4O. The fourth-order valence-electron chi connectivity index (χ4n) is 4.89. The molecule has 138 valence electrons. The van der Waals surface area contributed by atoms with Crippen molar-refractivity contribution in [3.05, 3.63) is 71.6 Å². The van der Waals surface area contributed by atoms with Crippen molar-refractivity contribution >= 4 is 11.5 Å². The van der Waals surface area contributed by atoms with E-state index in [2.05, 4.69) is 39.1 Å². The first-order chi connectivity index (χ1) is 13.1. The summed E-state index contributed by atoms with van der Waals surface area (Å²) in [5.41, 5.74) is 10.7. The average molecular weight is 360 g/mol. The van der Waals surface area contributed by atoms with Crippen molar-refractivity contribution in [3.8, 4) is 0 Å². The molecule has 1 saturated heterocycles. The van der Waals surface area contributed by atoms with Crippen molar-refractivity contribution in [1.29, 1.82) is 0 Å². The van der Waals surface area contributed by atoms with Crippen LogP contribution in [-0.4, -0.2) is 23.1 Å². The first kappa shape index (κ1) is 16.4. The zero-order valence-corrected chi connectivity index (χ0v) is 15.6. The molecular weight excluding hydrogens is 336 g/mol. The molecule has 1 atom stereocenters. The van der Waals surface area contributed by atoms with Crippen LogP contribution in [0.2, 0.25) is 0 Å². The minimum absolute atomic E-state index is 0.195. The third-order valence-corrected chi connectivity index (χ3v) is 6.25. The van der Waals surface area contributed by atoms with E-state index in [1.54, 1.807) is 12.5 Å². The Hall–Kier alpha value is -2.82. The molecule has 1 aliphatic heterocycles. The number of benzene rings is 1. The normalized spacial score (nSPS) is 20.8. The number of anilines is 2. The Bertz CT molecular complexity index is 972. The molecule has 0 amide bonds. The molecule has 27 heavy (non-hydrogen) atoms. The lowest BCUT2D eigenvalue weighted by Gasteiger charge is -2.41. The molecule has 0 unspecified atom stereocenters. The molecule has 0 radical (unpaired) electrons. The second kappa shape index (κ2) is 6.12. The predicted octanol–water partition coefficient (Wildman–Crippen LogP) is 4.03. The molecule has 5 rings (SSSR count). The van der Waals surface area contributed by atoms with Crippen LogP contribution in [0.1, 0.15) is 47.9 Å². The minimum atomic E-state index is 0.195. The van der Waals surface area contributed by atoms with Gasteiger partial charge >= 0.3 is 0 Å². The van der Waals surface area contributed by atoms with Crippen molar-refractivity contribution in [2.24, 2.45) is 0 Å². The molecule has 3 aromatic rings. The summed E-state index contributed by atoms with van der Waals surface area (Å²) in [6.07, 6.45) is 6.84. The van der Waals surface area contributed by atoms with E-state index >= 15 is 0 Å². The fraction of sp³-hybridized carbons (Fsp3) is 0.364. The highest BCUT2D eigenvalue weighted by atomic mass is 16.3. The summed E-state index contributed by atoms with van der Waals surface area (Å²) in [6.45, 7) is 3.96. The maximum atomic E-state index is 5.94.